The van der Waals surface area contributed by atoms with Gasteiger partial charge in [0.25, 0.3) is 0 Å². The van der Waals surface area contributed by atoms with Gasteiger partial charge in [0.1, 0.15) is 12.1 Å². The number of amides is 2. The normalized spacial score (nSPS) is 19.5. The first-order valence-electron chi connectivity index (χ1n) is 8.53. The second-order valence-corrected chi connectivity index (χ2v) is 7.74. The minimum absolute atomic E-state index is 0.0233. The molecule has 0 aromatic heterocycles. The molecule has 134 valence electrons. The third-order valence-electron chi connectivity index (χ3n) is 3.95. The number of nitrogens with one attached hydrogen (secondary N) is 1. The van der Waals surface area contributed by atoms with E-state index in [9.17, 15) is 9.59 Å². The van der Waals surface area contributed by atoms with Crippen LogP contribution in [0.4, 0.5) is 4.79 Å². The van der Waals surface area contributed by atoms with E-state index in [1.807, 2.05) is 20.8 Å². The van der Waals surface area contributed by atoms with E-state index in [4.69, 9.17) is 4.74 Å². The molecule has 6 heteroatoms. The fraction of sp³-hybridized carbons (Fsp3) is 0.882. The number of piperidine rings is 1. The van der Waals surface area contributed by atoms with Crippen LogP contribution in [0, 0.1) is 5.92 Å². The average Bonchev–Trinajstić information content (AvgIpc) is 2.43. The van der Waals surface area contributed by atoms with Crippen molar-refractivity contribution in [1.29, 1.82) is 0 Å². The summed E-state index contributed by atoms with van der Waals surface area (Å²) in [6.45, 7) is 12.7. The van der Waals surface area contributed by atoms with Crippen molar-refractivity contribution >= 4 is 12.0 Å². The molecule has 1 fully saturated rings. The predicted molar refractivity (Wildman–Crippen MR) is 91.3 cm³/mol. The quantitative estimate of drug-likeness (QED) is 0.840. The summed E-state index contributed by atoms with van der Waals surface area (Å²) >= 11 is 0. The summed E-state index contributed by atoms with van der Waals surface area (Å²) in [5, 5.41) is 2.95. The molecule has 0 bridgehead atoms. The fourth-order valence-corrected chi connectivity index (χ4v) is 2.67. The molecule has 0 radical (unpaired) electrons. The standard InChI is InChI=1S/C17H33N3O3/c1-13(2)20-9-7-8-14(11-20)10-18-15(21)12-19(6)16(22)23-17(3,4)5/h13-14H,7-12H2,1-6H3,(H,18,21). The fourth-order valence-electron chi connectivity index (χ4n) is 2.67. The first-order valence-corrected chi connectivity index (χ1v) is 8.53. The zero-order chi connectivity index (χ0) is 17.6. The molecule has 0 aromatic rings. The van der Waals surface area contributed by atoms with E-state index in [1.54, 1.807) is 7.05 Å². The van der Waals surface area contributed by atoms with E-state index in [-0.39, 0.29) is 12.5 Å². The molecule has 1 aliphatic heterocycles. The zero-order valence-corrected chi connectivity index (χ0v) is 15.5. The summed E-state index contributed by atoms with van der Waals surface area (Å²) in [4.78, 5) is 27.6. The van der Waals surface area contributed by atoms with Gasteiger partial charge in [-0.25, -0.2) is 4.79 Å². The first kappa shape index (κ1) is 19.7. The first-order chi connectivity index (χ1) is 10.6. The molecule has 1 heterocycles. The van der Waals surface area contributed by atoms with Crippen molar-refractivity contribution in [2.75, 3.05) is 33.2 Å². The predicted octanol–water partition coefficient (Wildman–Crippen LogP) is 2.09. The Morgan fingerprint density at radius 1 is 1.35 bits per heavy atom. The molecule has 1 rings (SSSR count). The van der Waals surface area contributed by atoms with Crippen LogP contribution in [0.15, 0.2) is 0 Å². The summed E-state index contributed by atoms with van der Waals surface area (Å²) in [6, 6.07) is 0.548. The lowest BCUT2D eigenvalue weighted by molar-refractivity contribution is -0.122. The molecule has 2 amide bonds. The molecule has 1 unspecified atom stereocenters. The van der Waals surface area contributed by atoms with Crippen molar-refractivity contribution in [3.63, 3.8) is 0 Å². The Bertz CT molecular complexity index is 404. The second kappa shape index (κ2) is 8.52. The van der Waals surface area contributed by atoms with Gasteiger partial charge in [0.05, 0.1) is 0 Å². The summed E-state index contributed by atoms with van der Waals surface area (Å²) in [6.07, 6.45) is 1.85. The number of hydrogen-bond donors (Lipinski definition) is 1. The van der Waals surface area contributed by atoms with E-state index in [1.165, 1.54) is 11.3 Å². The second-order valence-electron chi connectivity index (χ2n) is 7.74. The highest BCUT2D eigenvalue weighted by atomic mass is 16.6. The highest BCUT2D eigenvalue weighted by Gasteiger charge is 2.23. The Morgan fingerprint density at radius 3 is 2.57 bits per heavy atom. The van der Waals surface area contributed by atoms with Gasteiger partial charge in [-0.05, 0) is 59.9 Å². The summed E-state index contributed by atoms with van der Waals surface area (Å²) in [5.74, 6) is 0.349. The van der Waals surface area contributed by atoms with Gasteiger partial charge in [-0.3, -0.25) is 4.79 Å². The third-order valence-corrected chi connectivity index (χ3v) is 3.95. The van der Waals surface area contributed by atoms with Crippen LogP contribution in [0.3, 0.4) is 0 Å². The van der Waals surface area contributed by atoms with Crippen molar-refractivity contribution in [1.82, 2.24) is 15.1 Å². The van der Waals surface area contributed by atoms with Crippen molar-refractivity contribution in [2.45, 2.75) is 59.1 Å². The summed E-state index contributed by atoms with van der Waals surface area (Å²) in [7, 11) is 1.58. The lowest BCUT2D eigenvalue weighted by Gasteiger charge is -2.35. The zero-order valence-electron chi connectivity index (χ0n) is 15.5. The van der Waals surface area contributed by atoms with Crippen LogP contribution >= 0.6 is 0 Å². The highest BCUT2D eigenvalue weighted by molar-refractivity contribution is 5.82. The van der Waals surface area contributed by atoms with Crippen LogP contribution < -0.4 is 5.32 Å². The molecule has 23 heavy (non-hydrogen) atoms. The van der Waals surface area contributed by atoms with Gasteiger partial charge in [0, 0.05) is 26.2 Å². The van der Waals surface area contributed by atoms with Crippen LogP contribution in [0.1, 0.15) is 47.5 Å². The molecule has 1 N–H and O–H groups in total. The minimum atomic E-state index is -0.551. The van der Waals surface area contributed by atoms with E-state index in [0.29, 0.717) is 18.5 Å². The number of likely N-dealkylation sites (tertiary alicyclic amines) is 1. The monoisotopic (exact) mass is 327 g/mol. The number of rotatable bonds is 5. The summed E-state index contributed by atoms with van der Waals surface area (Å²) in [5.41, 5.74) is -0.551. The molecule has 1 saturated heterocycles. The van der Waals surface area contributed by atoms with Crippen molar-refractivity contribution < 1.29 is 14.3 Å². The van der Waals surface area contributed by atoms with Crippen molar-refractivity contribution in [3.8, 4) is 0 Å². The van der Waals surface area contributed by atoms with Crippen molar-refractivity contribution in [2.24, 2.45) is 5.92 Å². The van der Waals surface area contributed by atoms with Gasteiger partial charge >= 0.3 is 6.09 Å². The van der Waals surface area contributed by atoms with Crippen molar-refractivity contribution in [3.05, 3.63) is 0 Å². The number of hydrogen-bond acceptors (Lipinski definition) is 4. The Hall–Kier alpha value is -1.30. The van der Waals surface area contributed by atoms with Gasteiger partial charge in [-0.15, -0.1) is 0 Å². The largest absolute Gasteiger partial charge is 0.444 e. The van der Waals surface area contributed by atoms with Crippen LogP contribution in [0.5, 0.6) is 0 Å². The van der Waals surface area contributed by atoms with E-state index >= 15 is 0 Å². The number of ether oxygens (including phenoxy) is 1. The van der Waals surface area contributed by atoms with E-state index < -0.39 is 11.7 Å². The Labute approximate surface area is 140 Å². The van der Waals surface area contributed by atoms with Crippen LogP contribution in [0.25, 0.3) is 0 Å². The Kier molecular flexibility index (Phi) is 7.32. The Morgan fingerprint density at radius 2 is 2.00 bits per heavy atom. The molecule has 0 spiro atoms. The highest BCUT2D eigenvalue weighted by Crippen LogP contribution is 2.17. The Balaban J connectivity index is 2.32. The third kappa shape index (κ3) is 7.68. The van der Waals surface area contributed by atoms with Crippen LogP contribution in [-0.2, 0) is 9.53 Å². The molecular formula is C17H33N3O3. The maximum absolute atomic E-state index is 12.0. The lowest BCUT2D eigenvalue weighted by Crippen LogP contribution is -2.46. The summed E-state index contributed by atoms with van der Waals surface area (Å²) < 4.78 is 5.24. The smallest absolute Gasteiger partial charge is 0.410 e. The molecule has 1 aliphatic rings. The van der Waals surface area contributed by atoms with Gasteiger partial charge in [0.15, 0.2) is 0 Å². The molecule has 0 aromatic carbocycles. The molecule has 0 saturated carbocycles. The van der Waals surface area contributed by atoms with Gasteiger partial charge in [-0.2, -0.15) is 0 Å². The SMILES string of the molecule is CC(C)N1CCCC(CNC(=O)CN(C)C(=O)OC(C)(C)C)C1. The molecule has 1 atom stereocenters. The van der Waals surface area contributed by atoms with Gasteiger partial charge in [-0.1, -0.05) is 0 Å². The lowest BCUT2D eigenvalue weighted by atomic mass is 9.97. The number of carbonyl (C=O) groups is 2. The molecular weight excluding hydrogens is 294 g/mol. The van der Waals surface area contributed by atoms with Crippen LogP contribution in [0.2, 0.25) is 0 Å². The van der Waals surface area contributed by atoms with Gasteiger partial charge < -0.3 is 19.9 Å². The average molecular weight is 327 g/mol. The van der Waals surface area contributed by atoms with Crippen LogP contribution in [-0.4, -0.2) is 66.7 Å². The number of carbonyl (C=O) groups excluding carboxylic acids is 2. The van der Waals surface area contributed by atoms with E-state index in [2.05, 4.69) is 24.1 Å². The van der Waals surface area contributed by atoms with E-state index in [0.717, 1.165) is 19.5 Å². The topological polar surface area (TPSA) is 61.9 Å². The maximum Gasteiger partial charge on any atom is 0.410 e. The molecule has 6 nitrogen and oxygen atoms in total. The number of likely N-dealkylation sites (N-methyl/N-ethyl adjacent to an activating group) is 1. The number of nitrogens with zero attached hydrogens (tertiary/aromatic N) is 2. The minimum Gasteiger partial charge on any atom is -0.444 e. The molecule has 0 aliphatic carbocycles. The van der Waals surface area contributed by atoms with Gasteiger partial charge in [0.2, 0.25) is 5.91 Å². The maximum atomic E-state index is 12.0.